The summed E-state index contributed by atoms with van der Waals surface area (Å²) in [6, 6.07) is 0. The van der Waals surface area contributed by atoms with Crippen LogP contribution in [0.1, 0.15) is 59.8 Å². The van der Waals surface area contributed by atoms with Gasteiger partial charge in [-0.1, -0.05) is 5.16 Å². The predicted octanol–water partition coefficient (Wildman–Crippen LogP) is 2.13. The van der Waals surface area contributed by atoms with E-state index in [4.69, 9.17) is 10.4 Å². The first kappa shape index (κ1) is 12.4. The lowest BCUT2D eigenvalue weighted by atomic mass is 9.51. The van der Waals surface area contributed by atoms with Crippen molar-refractivity contribution in [2.75, 3.05) is 0 Å². The zero-order valence-corrected chi connectivity index (χ0v) is 11.8. The SMILES string of the molecule is Cc1onc(C2C3CC4CC(C3)CC2C4)c1C(=O)NN. The molecule has 5 rings (SSSR count). The summed E-state index contributed by atoms with van der Waals surface area (Å²) >= 11 is 0. The van der Waals surface area contributed by atoms with Crippen LogP contribution >= 0.6 is 0 Å². The molecule has 5 heteroatoms. The summed E-state index contributed by atoms with van der Waals surface area (Å²) in [5.41, 5.74) is 3.67. The number of nitrogens with two attached hydrogens (primary N) is 1. The molecule has 4 saturated carbocycles. The standard InChI is InChI=1S/C15H21N3O2/c1-7-12(15(19)17-16)14(18-20-7)13-10-3-8-2-9(5-10)6-11(13)4-8/h8-11,13H,2-6,16H2,1H3,(H,17,19). The van der Waals surface area contributed by atoms with Crippen molar-refractivity contribution in [1.82, 2.24) is 10.6 Å². The Balaban J connectivity index is 1.73. The van der Waals surface area contributed by atoms with Gasteiger partial charge >= 0.3 is 0 Å². The molecule has 4 aliphatic rings. The molecule has 4 fully saturated rings. The number of carbonyl (C=O) groups is 1. The van der Waals surface area contributed by atoms with Gasteiger partial charge in [0.15, 0.2) is 0 Å². The van der Waals surface area contributed by atoms with Crippen LogP contribution in [-0.2, 0) is 0 Å². The summed E-state index contributed by atoms with van der Waals surface area (Å²) in [5, 5.41) is 4.24. The van der Waals surface area contributed by atoms with Gasteiger partial charge in [-0.05, 0) is 62.7 Å². The number of hydrogen-bond acceptors (Lipinski definition) is 4. The maximum absolute atomic E-state index is 12.0. The second-order valence-electron chi connectivity index (χ2n) is 6.93. The van der Waals surface area contributed by atoms with Crippen molar-refractivity contribution in [3.05, 3.63) is 17.0 Å². The minimum absolute atomic E-state index is 0.271. The van der Waals surface area contributed by atoms with E-state index < -0.39 is 0 Å². The first-order valence-corrected chi connectivity index (χ1v) is 7.64. The maximum Gasteiger partial charge on any atom is 0.270 e. The van der Waals surface area contributed by atoms with Crippen molar-refractivity contribution >= 4 is 5.91 Å². The summed E-state index contributed by atoms with van der Waals surface area (Å²) in [6.45, 7) is 1.79. The Hall–Kier alpha value is -1.36. The highest BCUT2D eigenvalue weighted by Gasteiger charge is 2.50. The third kappa shape index (κ3) is 1.65. The second-order valence-corrected chi connectivity index (χ2v) is 6.93. The number of rotatable bonds is 2. The van der Waals surface area contributed by atoms with Gasteiger partial charge in [-0.2, -0.15) is 0 Å². The lowest BCUT2D eigenvalue weighted by molar-refractivity contribution is -0.00525. The molecule has 0 atom stereocenters. The van der Waals surface area contributed by atoms with Crippen LogP contribution in [-0.4, -0.2) is 11.1 Å². The highest BCUT2D eigenvalue weighted by molar-refractivity contribution is 5.95. The molecule has 20 heavy (non-hydrogen) atoms. The van der Waals surface area contributed by atoms with Crippen LogP contribution in [0, 0.1) is 30.6 Å². The summed E-state index contributed by atoms with van der Waals surface area (Å²) < 4.78 is 5.31. The van der Waals surface area contributed by atoms with Crippen LogP contribution in [0.5, 0.6) is 0 Å². The molecule has 0 radical (unpaired) electrons. The van der Waals surface area contributed by atoms with Gasteiger partial charge in [0.1, 0.15) is 17.0 Å². The van der Waals surface area contributed by atoms with E-state index in [2.05, 4.69) is 10.6 Å². The van der Waals surface area contributed by atoms with Crippen LogP contribution in [0.15, 0.2) is 4.52 Å². The molecule has 0 saturated heterocycles. The summed E-state index contributed by atoms with van der Waals surface area (Å²) in [6.07, 6.45) is 6.62. The molecule has 0 spiro atoms. The van der Waals surface area contributed by atoms with Gasteiger partial charge < -0.3 is 4.52 Å². The van der Waals surface area contributed by atoms with Gasteiger partial charge in [0.05, 0.1) is 0 Å². The Bertz CT molecular complexity index is 523. The summed E-state index contributed by atoms with van der Waals surface area (Å²) in [5.74, 6) is 9.19. The van der Waals surface area contributed by atoms with Crippen LogP contribution < -0.4 is 11.3 Å². The van der Waals surface area contributed by atoms with Crippen molar-refractivity contribution in [3.63, 3.8) is 0 Å². The topological polar surface area (TPSA) is 81.2 Å². The van der Waals surface area contributed by atoms with E-state index in [0.717, 1.165) is 17.5 Å². The molecule has 0 aromatic carbocycles. The third-order valence-corrected chi connectivity index (χ3v) is 5.79. The lowest BCUT2D eigenvalue weighted by Crippen LogP contribution is -2.44. The molecule has 0 unspecified atom stereocenters. The van der Waals surface area contributed by atoms with E-state index in [1.807, 2.05) is 0 Å². The number of aromatic nitrogens is 1. The van der Waals surface area contributed by atoms with Gasteiger partial charge in [0.2, 0.25) is 0 Å². The Labute approximate surface area is 118 Å². The molecule has 4 aliphatic carbocycles. The molecular weight excluding hydrogens is 254 g/mol. The molecule has 0 aliphatic heterocycles. The van der Waals surface area contributed by atoms with Crippen LogP contribution in [0.25, 0.3) is 0 Å². The van der Waals surface area contributed by atoms with Gasteiger partial charge in [-0.15, -0.1) is 0 Å². The normalized spacial score (nSPS) is 38.2. The highest BCUT2D eigenvalue weighted by atomic mass is 16.5. The Morgan fingerprint density at radius 1 is 1.20 bits per heavy atom. The third-order valence-electron chi connectivity index (χ3n) is 5.79. The van der Waals surface area contributed by atoms with Crippen LogP contribution in [0.3, 0.4) is 0 Å². The average molecular weight is 275 g/mol. The van der Waals surface area contributed by atoms with Crippen LogP contribution in [0.4, 0.5) is 0 Å². The van der Waals surface area contributed by atoms with Gasteiger partial charge in [-0.25, -0.2) is 5.84 Å². The number of aryl methyl sites for hydroxylation is 1. The minimum atomic E-state index is -0.271. The zero-order chi connectivity index (χ0) is 13.9. The largest absolute Gasteiger partial charge is 0.361 e. The highest BCUT2D eigenvalue weighted by Crippen LogP contribution is 2.59. The lowest BCUT2D eigenvalue weighted by Gasteiger charge is -2.54. The van der Waals surface area contributed by atoms with E-state index in [0.29, 0.717) is 29.1 Å². The van der Waals surface area contributed by atoms with Gasteiger partial charge in [0, 0.05) is 5.92 Å². The number of nitrogen functional groups attached to an aromatic ring is 1. The van der Waals surface area contributed by atoms with Crippen molar-refractivity contribution in [2.45, 2.75) is 44.9 Å². The summed E-state index contributed by atoms with van der Waals surface area (Å²) in [4.78, 5) is 12.0. The maximum atomic E-state index is 12.0. The Morgan fingerprint density at radius 2 is 1.80 bits per heavy atom. The number of nitrogens with one attached hydrogen (secondary N) is 1. The number of nitrogens with zero attached hydrogens (tertiary/aromatic N) is 1. The Morgan fingerprint density at radius 3 is 2.35 bits per heavy atom. The Kier molecular flexibility index (Phi) is 2.67. The number of amides is 1. The number of hydrazine groups is 1. The van der Waals surface area contributed by atoms with E-state index in [1.54, 1.807) is 6.92 Å². The minimum Gasteiger partial charge on any atom is -0.361 e. The van der Waals surface area contributed by atoms with Gasteiger partial charge in [0.25, 0.3) is 5.91 Å². The fraction of sp³-hybridized carbons (Fsp3) is 0.733. The zero-order valence-electron chi connectivity index (χ0n) is 11.8. The smallest absolute Gasteiger partial charge is 0.270 e. The van der Waals surface area contributed by atoms with E-state index >= 15 is 0 Å². The van der Waals surface area contributed by atoms with Crippen molar-refractivity contribution in [2.24, 2.45) is 29.5 Å². The van der Waals surface area contributed by atoms with Gasteiger partial charge in [-0.3, -0.25) is 10.2 Å². The second kappa shape index (κ2) is 4.32. The molecule has 1 aromatic heterocycles. The number of carbonyl (C=O) groups excluding carboxylic acids is 1. The summed E-state index contributed by atoms with van der Waals surface area (Å²) in [7, 11) is 0. The molecule has 5 nitrogen and oxygen atoms in total. The van der Waals surface area contributed by atoms with Crippen molar-refractivity contribution in [1.29, 1.82) is 0 Å². The fourth-order valence-electron chi connectivity index (χ4n) is 5.34. The molecule has 1 heterocycles. The van der Waals surface area contributed by atoms with E-state index in [1.165, 1.54) is 32.1 Å². The quantitative estimate of drug-likeness (QED) is 0.492. The molecule has 1 aromatic rings. The molecule has 3 N–H and O–H groups in total. The van der Waals surface area contributed by atoms with Crippen molar-refractivity contribution in [3.8, 4) is 0 Å². The average Bonchev–Trinajstić information content (AvgIpc) is 2.78. The first-order chi connectivity index (χ1) is 9.67. The molecular formula is C15H21N3O2. The molecule has 1 amide bonds. The van der Waals surface area contributed by atoms with Crippen molar-refractivity contribution < 1.29 is 9.32 Å². The van der Waals surface area contributed by atoms with E-state index in [9.17, 15) is 4.79 Å². The monoisotopic (exact) mass is 275 g/mol. The molecule has 4 bridgehead atoms. The molecule has 108 valence electrons. The van der Waals surface area contributed by atoms with Crippen LogP contribution in [0.2, 0.25) is 0 Å². The number of hydrogen-bond donors (Lipinski definition) is 2. The van der Waals surface area contributed by atoms with E-state index in [-0.39, 0.29) is 5.91 Å². The fourth-order valence-corrected chi connectivity index (χ4v) is 5.34. The first-order valence-electron chi connectivity index (χ1n) is 7.64. The predicted molar refractivity (Wildman–Crippen MR) is 72.7 cm³/mol.